The highest BCUT2D eigenvalue weighted by atomic mass is 16.2. The van der Waals surface area contributed by atoms with Crippen LogP contribution in [0, 0.1) is 5.92 Å². The van der Waals surface area contributed by atoms with Gasteiger partial charge in [0.1, 0.15) is 0 Å². The molecule has 0 aromatic carbocycles. The van der Waals surface area contributed by atoms with Crippen LogP contribution in [0.15, 0.2) is 0 Å². The van der Waals surface area contributed by atoms with Crippen molar-refractivity contribution in [2.75, 3.05) is 0 Å². The molecule has 3 heteroatoms. The van der Waals surface area contributed by atoms with Gasteiger partial charge >= 0.3 is 0 Å². The first-order valence-electron chi connectivity index (χ1n) is 3.20. The normalized spacial score (nSPS) is 12.8. The van der Waals surface area contributed by atoms with Gasteiger partial charge in [-0.05, 0) is 5.92 Å². The van der Waals surface area contributed by atoms with Crippen LogP contribution in [0.25, 0.3) is 0 Å². The predicted octanol–water partition coefficient (Wildman–Crippen LogP) is 0.413. The summed E-state index contributed by atoms with van der Waals surface area (Å²) in [6.45, 7) is 4.07. The number of amides is 1. The number of hydrogen-bond acceptors (Lipinski definition) is 2. The Morgan fingerprint density at radius 3 is 2.67 bits per heavy atom. The summed E-state index contributed by atoms with van der Waals surface area (Å²) >= 11 is 0. The maximum atomic E-state index is 10.5. The van der Waals surface area contributed by atoms with Crippen molar-refractivity contribution in [1.82, 2.24) is 5.43 Å². The molecule has 0 aromatic rings. The molecule has 0 bridgehead atoms. The van der Waals surface area contributed by atoms with Gasteiger partial charge in [-0.25, -0.2) is 5.84 Å². The smallest absolute Gasteiger partial charge is 0.234 e. The van der Waals surface area contributed by atoms with E-state index in [1.54, 1.807) is 0 Å². The highest BCUT2D eigenvalue weighted by molar-refractivity contribution is 5.75. The monoisotopic (exact) mass is 130 g/mol. The van der Waals surface area contributed by atoms with Crippen molar-refractivity contribution in [3.05, 3.63) is 0 Å². The molecule has 0 heterocycles. The lowest BCUT2D eigenvalue weighted by Gasteiger charge is -2.04. The first-order valence-corrected chi connectivity index (χ1v) is 3.20. The fourth-order valence-electron chi connectivity index (χ4n) is 0.520. The first-order chi connectivity index (χ1) is 4.20. The summed E-state index contributed by atoms with van der Waals surface area (Å²) in [5.74, 6) is 5.23. The summed E-state index contributed by atoms with van der Waals surface area (Å²) in [5, 5.41) is 0. The number of nitrogens with one attached hydrogen (secondary N) is 1. The zero-order valence-corrected chi connectivity index (χ0v) is 5.98. The molecule has 3 nitrogen and oxygen atoms in total. The molecule has 0 aromatic heterocycles. The summed E-state index contributed by atoms with van der Waals surface area (Å²) in [7, 11) is 0. The van der Waals surface area contributed by atoms with Crippen LogP contribution in [0.3, 0.4) is 0 Å². The first kappa shape index (κ1) is 8.43. The van der Waals surface area contributed by atoms with Crippen LogP contribution >= 0.6 is 0 Å². The summed E-state index contributed by atoms with van der Waals surface area (Å²) in [6, 6.07) is 0. The highest BCUT2D eigenvalue weighted by Crippen LogP contribution is 2.04. The minimum absolute atomic E-state index is 0.0793. The van der Waals surface area contributed by atoms with Crippen molar-refractivity contribution in [2.24, 2.45) is 11.8 Å². The van der Waals surface area contributed by atoms with Crippen LogP contribution in [0.1, 0.15) is 26.7 Å². The standard InChI is InChI=1S/C6H14N2O/c1-3-5(2)4-6(9)8-7/h5H,3-4,7H2,1-2H3,(H,8,9)/t5-/m0/s1. The van der Waals surface area contributed by atoms with Gasteiger partial charge in [0.2, 0.25) is 5.91 Å². The average Bonchev–Trinajstić information content (AvgIpc) is 1.87. The Balaban J connectivity index is 3.34. The van der Waals surface area contributed by atoms with Crippen LogP contribution in [0.4, 0.5) is 0 Å². The molecule has 54 valence electrons. The van der Waals surface area contributed by atoms with Crippen molar-refractivity contribution in [3.8, 4) is 0 Å². The van der Waals surface area contributed by atoms with Gasteiger partial charge in [-0.1, -0.05) is 20.3 Å². The van der Waals surface area contributed by atoms with E-state index in [-0.39, 0.29) is 5.91 Å². The van der Waals surface area contributed by atoms with Crippen molar-refractivity contribution < 1.29 is 4.79 Å². The molecule has 0 aliphatic rings. The third-order valence-electron chi connectivity index (χ3n) is 1.39. The summed E-state index contributed by atoms with van der Waals surface area (Å²) in [6.07, 6.45) is 1.56. The van der Waals surface area contributed by atoms with Gasteiger partial charge in [-0.15, -0.1) is 0 Å². The fraction of sp³-hybridized carbons (Fsp3) is 0.833. The second-order valence-electron chi connectivity index (χ2n) is 2.29. The van der Waals surface area contributed by atoms with E-state index in [0.29, 0.717) is 12.3 Å². The Bertz CT molecular complexity index is 93.1. The zero-order valence-electron chi connectivity index (χ0n) is 5.98. The van der Waals surface area contributed by atoms with Crippen LogP contribution in [-0.4, -0.2) is 5.91 Å². The number of carbonyl (C=O) groups is 1. The molecule has 0 rings (SSSR count). The van der Waals surface area contributed by atoms with Gasteiger partial charge in [-0.3, -0.25) is 10.2 Å². The molecule has 0 saturated heterocycles. The molecule has 0 saturated carbocycles. The SMILES string of the molecule is CC[C@H](C)CC(=O)NN. The van der Waals surface area contributed by atoms with E-state index in [2.05, 4.69) is 12.3 Å². The lowest BCUT2D eigenvalue weighted by molar-refractivity contribution is -0.121. The Kier molecular flexibility index (Phi) is 4.05. The molecule has 1 atom stereocenters. The molecule has 9 heavy (non-hydrogen) atoms. The summed E-state index contributed by atoms with van der Waals surface area (Å²) in [5.41, 5.74) is 2.09. The Hall–Kier alpha value is -0.570. The van der Waals surface area contributed by atoms with Crippen LogP contribution in [0.2, 0.25) is 0 Å². The van der Waals surface area contributed by atoms with E-state index < -0.39 is 0 Å². The minimum Gasteiger partial charge on any atom is -0.294 e. The Labute approximate surface area is 55.6 Å². The predicted molar refractivity (Wildman–Crippen MR) is 36.4 cm³/mol. The number of carbonyl (C=O) groups excluding carboxylic acids is 1. The van der Waals surface area contributed by atoms with E-state index in [9.17, 15) is 4.79 Å². The molecule has 0 aliphatic heterocycles. The molecular formula is C6H14N2O. The van der Waals surface area contributed by atoms with E-state index >= 15 is 0 Å². The van der Waals surface area contributed by atoms with Gasteiger partial charge in [0.05, 0.1) is 0 Å². The number of hydrogen-bond donors (Lipinski definition) is 2. The zero-order chi connectivity index (χ0) is 7.28. The van der Waals surface area contributed by atoms with Gasteiger partial charge in [0.25, 0.3) is 0 Å². The maximum absolute atomic E-state index is 10.5. The second kappa shape index (κ2) is 4.32. The van der Waals surface area contributed by atoms with Gasteiger partial charge in [0, 0.05) is 6.42 Å². The molecule has 0 radical (unpaired) electrons. The van der Waals surface area contributed by atoms with Gasteiger partial charge in [0.15, 0.2) is 0 Å². The molecule has 0 unspecified atom stereocenters. The molecule has 0 spiro atoms. The van der Waals surface area contributed by atoms with E-state index in [4.69, 9.17) is 5.84 Å². The quantitative estimate of drug-likeness (QED) is 0.330. The van der Waals surface area contributed by atoms with Crippen molar-refractivity contribution in [1.29, 1.82) is 0 Å². The van der Waals surface area contributed by atoms with Crippen molar-refractivity contribution in [3.63, 3.8) is 0 Å². The molecule has 0 fully saturated rings. The number of nitrogens with two attached hydrogens (primary N) is 1. The van der Waals surface area contributed by atoms with Crippen LogP contribution in [0.5, 0.6) is 0 Å². The minimum atomic E-state index is -0.0793. The number of hydrazine groups is 1. The molecule has 0 aliphatic carbocycles. The molecule has 3 N–H and O–H groups in total. The second-order valence-corrected chi connectivity index (χ2v) is 2.29. The molecular weight excluding hydrogens is 116 g/mol. The van der Waals surface area contributed by atoms with Crippen LogP contribution < -0.4 is 11.3 Å². The van der Waals surface area contributed by atoms with Crippen molar-refractivity contribution >= 4 is 5.91 Å². The van der Waals surface area contributed by atoms with Crippen molar-refractivity contribution in [2.45, 2.75) is 26.7 Å². The van der Waals surface area contributed by atoms with E-state index in [1.165, 1.54) is 0 Å². The molecule has 1 amide bonds. The largest absolute Gasteiger partial charge is 0.294 e. The third kappa shape index (κ3) is 3.97. The Morgan fingerprint density at radius 1 is 1.78 bits per heavy atom. The topological polar surface area (TPSA) is 55.1 Å². The third-order valence-corrected chi connectivity index (χ3v) is 1.39. The highest BCUT2D eigenvalue weighted by Gasteiger charge is 2.03. The van der Waals surface area contributed by atoms with Gasteiger partial charge in [-0.2, -0.15) is 0 Å². The van der Waals surface area contributed by atoms with E-state index in [0.717, 1.165) is 6.42 Å². The average molecular weight is 130 g/mol. The Morgan fingerprint density at radius 2 is 2.33 bits per heavy atom. The fourth-order valence-corrected chi connectivity index (χ4v) is 0.520. The lowest BCUT2D eigenvalue weighted by Crippen LogP contribution is -2.31. The summed E-state index contributed by atoms with van der Waals surface area (Å²) in [4.78, 5) is 10.5. The van der Waals surface area contributed by atoms with Crippen LogP contribution in [-0.2, 0) is 4.79 Å². The van der Waals surface area contributed by atoms with Gasteiger partial charge < -0.3 is 0 Å². The summed E-state index contributed by atoms with van der Waals surface area (Å²) < 4.78 is 0. The maximum Gasteiger partial charge on any atom is 0.234 e. The van der Waals surface area contributed by atoms with E-state index in [1.807, 2.05) is 6.92 Å². The lowest BCUT2D eigenvalue weighted by atomic mass is 10.1. The number of rotatable bonds is 3.